The lowest BCUT2D eigenvalue weighted by Gasteiger charge is -2.43. The lowest BCUT2D eigenvalue weighted by atomic mass is 9.43. The van der Waals surface area contributed by atoms with Crippen LogP contribution < -0.4 is 15.7 Å². The van der Waals surface area contributed by atoms with Crippen LogP contribution in [0.2, 0.25) is 0 Å². The van der Waals surface area contributed by atoms with Crippen molar-refractivity contribution in [3.63, 3.8) is 0 Å². The summed E-state index contributed by atoms with van der Waals surface area (Å²) in [5, 5.41) is 0. The molecule has 0 radical (unpaired) electrons. The van der Waals surface area contributed by atoms with E-state index >= 15 is 0 Å². The predicted octanol–water partition coefficient (Wildman–Crippen LogP) is 7.32. The Bertz CT molecular complexity index is 1830. The molecule has 0 bridgehead atoms. The number of benzene rings is 5. The molecule has 8 rings (SSSR count). The summed E-state index contributed by atoms with van der Waals surface area (Å²) in [7, 11) is 0. The lowest BCUT2D eigenvalue weighted by molar-refractivity contribution is 1.33. The molecule has 38 heavy (non-hydrogen) atoms. The zero-order chi connectivity index (χ0) is 25.1. The first-order chi connectivity index (χ1) is 18.9. The molecule has 0 spiro atoms. The van der Waals surface area contributed by atoms with Crippen molar-refractivity contribution in [1.82, 2.24) is 4.98 Å². The van der Waals surface area contributed by atoms with E-state index in [9.17, 15) is 0 Å². The molecule has 3 heterocycles. The molecule has 0 atom stereocenters. The highest BCUT2D eigenvalue weighted by Gasteiger charge is 2.41. The third-order valence-electron chi connectivity index (χ3n) is 7.98. The van der Waals surface area contributed by atoms with Gasteiger partial charge in [0.15, 0.2) is 0 Å². The van der Waals surface area contributed by atoms with E-state index in [1.807, 2.05) is 18.5 Å². The largest absolute Gasteiger partial charge is 0.376 e. The van der Waals surface area contributed by atoms with E-state index in [0.717, 1.165) is 5.56 Å². The summed E-state index contributed by atoms with van der Waals surface area (Å²) >= 11 is 0. The normalized spacial score (nSPS) is 12.6. The molecule has 0 fully saturated rings. The van der Waals surface area contributed by atoms with Crippen LogP contribution >= 0.6 is 0 Å². The Morgan fingerprint density at radius 2 is 1.03 bits per heavy atom. The Hall–Kier alpha value is -4.89. The minimum absolute atomic E-state index is 0.112. The van der Waals surface area contributed by atoms with E-state index in [-0.39, 0.29) is 6.85 Å². The second kappa shape index (κ2) is 8.32. The molecular weight excluding hydrogens is 459 g/mol. The number of anilines is 2. The Balaban J connectivity index is 1.33. The van der Waals surface area contributed by atoms with Gasteiger partial charge in [0.05, 0.1) is 0 Å². The summed E-state index contributed by atoms with van der Waals surface area (Å²) in [5.74, 6) is 0. The fourth-order valence-corrected chi connectivity index (χ4v) is 6.26. The molecule has 0 unspecified atom stereocenters. The van der Waals surface area contributed by atoms with Crippen molar-refractivity contribution < 1.29 is 0 Å². The fraction of sp³-hybridized carbons (Fsp3) is 0. The zero-order valence-corrected chi connectivity index (χ0v) is 20.8. The average molecular weight is 482 g/mol. The van der Waals surface area contributed by atoms with Gasteiger partial charge in [-0.05, 0) is 62.5 Å². The van der Waals surface area contributed by atoms with E-state index in [4.69, 9.17) is 0 Å². The van der Waals surface area contributed by atoms with E-state index in [1.54, 1.807) is 0 Å². The van der Waals surface area contributed by atoms with Crippen LogP contribution in [0.5, 0.6) is 0 Å². The Kier molecular flexibility index (Phi) is 4.65. The van der Waals surface area contributed by atoms with E-state index < -0.39 is 0 Å². The second-order valence-electron chi connectivity index (χ2n) is 10.0. The summed E-state index contributed by atoms with van der Waals surface area (Å²) in [6.45, 7) is 0.112. The third kappa shape index (κ3) is 3.12. The van der Waals surface area contributed by atoms with E-state index in [1.165, 1.54) is 61.2 Å². The average Bonchev–Trinajstić information content (AvgIpc) is 3.01. The smallest absolute Gasteiger partial charge is 0.329 e. The van der Waals surface area contributed by atoms with Gasteiger partial charge in [0.25, 0.3) is 0 Å². The van der Waals surface area contributed by atoms with Gasteiger partial charge in [0.2, 0.25) is 0 Å². The summed E-state index contributed by atoms with van der Waals surface area (Å²) in [6, 6.07) is 46.5. The summed E-state index contributed by atoms with van der Waals surface area (Å²) in [4.78, 5) is 6.82. The quantitative estimate of drug-likeness (QED) is 0.241. The number of aromatic nitrogens is 1. The lowest BCUT2D eigenvalue weighted by Crippen LogP contribution is -2.59. The number of rotatable bonds is 2. The maximum absolute atomic E-state index is 4.28. The first-order valence-corrected chi connectivity index (χ1v) is 13.1. The van der Waals surface area contributed by atoms with Crippen LogP contribution in [-0.2, 0) is 0 Å². The minimum atomic E-state index is 0.112. The number of nitrogens with zero attached hydrogens (tertiary/aromatic N) is 2. The highest BCUT2D eigenvalue weighted by Crippen LogP contribution is 2.45. The van der Waals surface area contributed by atoms with Gasteiger partial charge < -0.3 is 4.81 Å². The predicted molar refractivity (Wildman–Crippen MR) is 160 cm³/mol. The standard InChI is InChI=1S/C35H23BN2/c1-4-12-32-28(9-1)30-10-2-5-13-34(30)38-35-14-6-3-11-31(35)29-20-19-26(22-33(29)36(32)38)24-15-17-25(18-16-24)27-8-7-21-37-23-27/h1-23H. The van der Waals surface area contributed by atoms with Gasteiger partial charge in [-0.1, -0.05) is 109 Å². The minimum Gasteiger partial charge on any atom is -0.376 e. The third-order valence-corrected chi connectivity index (χ3v) is 7.98. The van der Waals surface area contributed by atoms with Gasteiger partial charge in [0.1, 0.15) is 0 Å². The molecule has 0 N–H and O–H groups in total. The van der Waals surface area contributed by atoms with Crippen molar-refractivity contribution in [3.05, 3.63) is 140 Å². The summed E-state index contributed by atoms with van der Waals surface area (Å²) in [6.07, 6.45) is 3.73. The molecule has 3 heteroatoms. The number of fused-ring (bicyclic) bond motifs is 11. The molecule has 6 aromatic rings. The fourth-order valence-electron chi connectivity index (χ4n) is 6.26. The van der Waals surface area contributed by atoms with Gasteiger partial charge in [-0.3, -0.25) is 4.98 Å². The molecule has 1 aromatic heterocycles. The van der Waals surface area contributed by atoms with Crippen molar-refractivity contribution >= 4 is 29.1 Å². The molecule has 2 nitrogen and oxygen atoms in total. The van der Waals surface area contributed by atoms with Crippen LogP contribution in [-0.4, -0.2) is 11.8 Å². The topological polar surface area (TPSA) is 16.1 Å². The van der Waals surface area contributed by atoms with Gasteiger partial charge in [-0.2, -0.15) is 0 Å². The number of hydrogen-bond donors (Lipinski definition) is 0. The first-order valence-electron chi connectivity index (χ1n) is 13.1. The highest BCUT2D eigenvalue weighted by atomic mass is 15.1. The molecule has 176 valence electrons. The summed E-state index contributed by atoms with van der Waals surface area (Å²) in [5.41, 5.74) is 15.2. The van der Waals surface area contributed by atoms with Crippen LogP contribution in [0.1, 0.15) is 0 Å². The molecule has 2 aliphatic rings. The Morgan fingerprint density at radius 3 is 1.71 bits per heavy atom. The van der Waals surface area contributed by atoms with Crippen LogP contribution in [0, 0.1) is 0 Å². The maximum atomic E-state index is 4.28. The van der Waals surface area contributed by atoms with Gasteiger partial charge in [0, 0.05) is 34.9 Å². The molecule has 0 saturated carbocycles. The maximum Gasteiger partial charge on any atom is 0.329 e. The van der Waals surface area contributed by atoms with Crippen LogP contribution in [0.25, 0.3) is 44.5 Å². The number of pyridine rings is 1. The molecular formula is C35H23BN2. The van der Waals surface area contributed by atoms with Crippen molar-refractivity contribution in [2.24, 2.45) is 0 Å². The first kappa shape index (κ1) is 21.2. The van der Waals surface area contributed by atoms with Crippen LogP contribution in [0.15, 0.2) is 140 Å². The Labute approximate surface area is 223 Å². The monoisotopic (exact) mass is 482 g/mol. The van der Waals surface area contributed by atoms with Crippen LogP contribution in [0.4, 0.5) is 11.4 Å². The molecule has 2 aliphatic heterocycles. The molecule has 0 amide bonds. The van der Waals surface area contributed by atoms with Crippen molar-refractivity contribution in [2.75, 3.05) is 4.81 Å². The SMILES string of the molecule is c1cncc(-c2ccc(-c3ccc4c(c3)B3c5ccccc5-c5ccccc5N3c3ccccc3-4)cc2)c1. The molecule has 0 saturated heterocycles. The number of hydrogen-bond acceptors (Lipinski definition) is 2. The highest BCUT2D eigenvalue weighted by molar-refractivity contribution is 6.92. The van der Waals surface area contributed by atoms with Gasteiger partial charge in [-0.15, -0.1) is 0 Å². The number of para-hydroxylation sites is 2. The van der Waals surface area contributed by atoms with Gasteiger partial charge in [-0.25, -0.2) is 0 Å². The van der Waals surface area contributed by atoms with E-state index in [2.05, 4.69) is 131 Å². The van der Waals surface area contributed by atoms with Gasteiger partial charge >= 0.3 is 6.85 Å². The molecule has 5 aromatic carbocycles. The Morgan fingerprint density at radius 1 is 0.447 bits per heavy atom. The van der Waals surface area contributed by atoms with Crippen molar-refractivity contribution in [3.8, 4) is 44.5 Å². The zero-order valence-electron chi connectivity index (χ0n) is 20.8. The van der Waals surface area contributed by atoms with Crippen molar-refractivity contribution in [2.45, 2.75) is 0 Å². The molecule has 0 aliphatic carbocycles. The van der Waals surface area contributed by atoms with Crippen LogP contribution in [0.3, 0.4) is 0 Å². The summed E-state index contributed by atoms with van der Waals surface area (Å²) < 4.78 is 0. The van der Waals surface area contributed by atoms with E-state index in [0.29, 0.717) is 0 Å². The van der Waals surface area contributed by atoms with Crippen molar-refractivity contribution in [1.29, 1.82) is 0 Å². The second-order valence-corrected chi connectivity index (χ2v) is 10.0.